The lowest BCUT2D eigenvalue weighted by molar-refractivity contribution is 0.0946. The number of carbonyl (C=O) groups is 1. The van der Waals surface area contributed by atoms with Gasteiger partial charge in [0, 0.05) is 31.1 Å². The molecule has 2 N–H and O–H groups in total. The number of aromatic nitrogens is 1. The first-order valence-electron chi connectivity index (χ1n) is 6.34. The smallest absolute Gasteiger partial charge is 0.263 e. The molecular formula is C14H15N3OS. The van der Waals surface area contributed by atoms with Gasteiger partial charge in [-0.25, -0.2) is 0 Å². The van der Waals surface area contributed by atoms with E-state index in [1.807, 2.05) is 36.4 Å². The van der Waals surface area contributed by atoms with Crippen LogP contribution in [-0.4, -0.2) is 29.9 Å². The molecule has 2 heterocycles. The van der Waals surface area contributed by atoms with Gasteiger partial charge in [0.1, 0.15) is 4.88 Å². The SMILES string of the molecule is O=C(NCC1CNC1)c1cc(-c2ccccc2)ns1. The van der Waals surface area contributed by atoms with Crippen LogP contribution < -0.4 is 10.6 Å². The fraction of sp³-hybridized carbons (Fsp3) is 0.286. The number of amides is 1. The predicted molar refractivity (Wildman–Crippen MR) is 76.2 cm³/mol. The fourth-order valence-corrected chi connectivity index (χ4v) is 2.62. The molecule has 3 rings (SSSR count). The molecule has 19 heavy (non-hydrogen) atoms. The second-order valence-electron chi connectivity index (χ2n) is 4.68. The number of hydrogen-bond donors (Lipinski definition) is 2. The average Bonchev–Trinajstić information content (AvgIpc) is 2.87. The highest BCUT2D eigenvalue weighted by Gasteiger charge is 2.18. The van der Waals surface area contributed by atoms with Crippen LogP contribution in [0.5, 0.6) is 0 Å². The molecule has 0 radical (unpaired) electrons. The summed E-state index contributed by atoms with van der Waals surface area (Å²) in [6.07, 6.45) is 0. The summed E-state index contributed by atoms with van der Waals surface area (Å²) in [6, 6.07) is 11.8. The van der Waals surface area contributed by atoms with Crippen molar-refractivity contribution < 1.29 is 4.79 Å². The van der Waals surface area contributed by atoms with Gasteiger partial charge in [0.05, 0.1) is 5.69 Å². The van der Waals surface area contributed by atoms with Crippen molar-refractivity contribution in [3.8, 4) is 11.3 Å². The lowest BCUT2D eigenvalue weighted by Crippen LogP contribution is -2.48. The minimum absolute atomic E-state index is 0.0217. The third-order valence-electron chi connectivity index (χ3n) is 3.22. The molecule has 0 bridgehead atoms. The summed E-state index contributed by atoms with van der Waals surface area (Å²) in [4.78, 5) is 12.6. The molecule has 1 aliphatic rings. The largest absolute Gasteiger partial charge is 0.351 e. The summed E-state index contributed by atoms with van der Waals surface area (Å²) < 4.78 is 4.34. The van der Waals surface area contributed by atoms with Crippen molar-refractivity contribution in [3.05, 3.63) is 41.3 Å². The summed E-state index contributed by atoms with van der Waals surface area (Å²) in [5, 5.41) is 6.15. The molecule has 1 aliphatic heterocycles. The van der Waals surface area contributed by atoms with Gasteiger partial charge < -0.3 is 10.6 Å². The van der Waals surface area contributed by atoms with Crippen molar-refractivity contribution in [3.63, 3.8) is 0 Å². The van der Waals surface area contributed by atoms with Crippen molar-refractivity contribution in [1.82, 2.24) is 15.0 Å². The van der Waals surface area contributed by atoms with Crippen LogP contribution in [0.2, 0.25) is 0 Å². The molecule has 1 aromatic carbocycles. The number of hydrogen-bond acceptors (Lipinski definition) is 4. The molecule has 0 saturated carbocycles. The van der Waals surface area contributed by atoms with Crippen LogP contribution in [-0.2, 0) is 0 Å². The summed E-state index contributed by atoms with van der Waals surface area (Å²) in [7, 11) is 0. The molecule has 98 valence electrons. The molecule has 0 aliphatic carbocycles. The molecule has 1 fully saturated rings. The Morgan fingerprint density at radius 1 is 1.37 bits per heavy atom. The number of benzene rings is 1. The molecule has 1 amide bonds. The zero-order valence-electron chi connectivity index (χ0n) is 10.4. The first-order valence-corrected chi connectivity index (χ1v) is 7.11. The molecule has 4 nitrogen and oxygen atoms in total. The van der Waals surface area contributed by atoms with E-state index in [0.717, 1.165) is 30.9 Å². The zero-order valence-corrected chi connectivity index (χ0v) is 11.2. The molecule has 0 atom stereocenters. The highest BCUT2D eigenvalue weighted by atomic mass is 32.1. The highest BCUT2D eigenvalue weighted by molar-refractivity contribution is 7.08. The van der Waals surface area contributed by atoms with Gasteiger partial charge >= 0.3 is 0 Å². The average molecular weight is 273 g/mol. The Bertz CT molecular complexity index is 563. The fourth-order valence-electron chi connectivity index (χ4n) is 1.94. The highest BCUT2D eigenvalue weighted by Crippen LogP contribution is 2.21. The molecule has 0 unspecified atom stereocenters. The Morgan fingerprint density at radius 3 is 2.84 bits per heavy atom. The van der Waals surface area contributed by atoms with Gasteiger partial charge in [-0.05, 0) is 17.6 Å². The second-order valence-corrected chi connectivity index (χ2v) is 5.48. The summed E-state index contributed by atoms with van der Waals surface area (Å²) in [5.41, 5.74) is 1.90. The Kier molecular flexibility index (Phi) is 3.57. The number of nitrogens with zero attached hydrogens (tertiary/aromatic N) is 1. The molecule has 1 aromatic heterocycles. The van der Waals surface area contributed by atoms with Gasteiger partial charge in [-0.15, -0.1) is 0 Å². The molecule has 0 spiro atoms. The number of rotatable bonds is 4. The Balaban J connectivity index is 1.65. The van der Waals surface area contributed by atoms with E-state index >= 15 is 0 Å². The van der Waals surface area contributed by atoms with E-state index in [4.69, 9.17) is 0 Å². The monoisotopic (exact) mass is 273 g/mol. The first-order chi connectivity index (χ1) is 9.33. The van der Waals surface area contributed by atoms with Gasteiger partial charge in [-0.3, -0.25) is 4.79 Å². The Morgan fingerprint density at radius 2 is 2.16 bits per heavy atom. The maximum Gasteiger partial charge on any atom is 0.263 e. The van der Waals surface area contributed by atoms with Crippen molar-refractivity contribution in [1.29, 1.82) is 0 Å². The van der Waals surface area contributed by atoms with Gasteiger partial charge in [-0.2, -0.15) is 4.37 Å². The Labute approximate surface area is 116 Å². The Hall–Kier alpha value is -1.72. The maximum atomic E-state index is 12.0. The first kappa shape index (κ1) is 12.3. The van der Waals surface area contributed by atoms with Crippen LogP contribution in [0.4, 0.5) is 0 Å². The minimum Gasteiger partial charge on any atom is -0.351 e. The van der Waals surface area contributed by atoms with E-state index in [-0.39, 0.29) is 5.91 Å². The van der Waals surface area contributed by atoms with Crippen molar-refractivity contribution in [2.24, 2.45) is 5.92 Å². The van der Waals surface area contributed by atoms with Crippen LogP contribution in [0.1, 0.15) is 9.67 Å². The lowest BCUT2D eigenvalue weighted by Gasteiger charge is -2.26. The van der Waals surface area contributed by atoms with E-state index < -0.39 is 0 Å². The predicted octanol–water partition coefficient (Wildman–Crippen LogP) is 1.76. The summed E-state index contributed by atoms with van der Waals surface area (Å²) in [6.45, 7) is 2.74. The summed E-state index contributed by atoms with van der Waals surface area (Å²) in [5.74, 6) is 0.553. The maximum absolute atomic E-state index is 12.0. The van der Waals surface area contributed by atoms with Gasteiger partial charge in [-0.1, -0.05) is 30.3 Å². The van der Waals surface area contributed by atoms with Crippen molar-refractivity contribution in [2.75, 3.05) is 19.6 Å². The van der Waals surface area contributed by atoms with Crippen LogP contribution in [0, 0.1) is 5.92 Å². The standard InChI is InChI=1S/C14H15N3OS/c18-14(16-9-10-7-15-8-10)13-6-12(17-19-13)11-4-2-1-3-5-11/h1-6,10,15H,7-9H2,(H,16,18). The van der Waals surface area contributed by atoms with Crippen molar-refractivity contribution in [2.45, 2.75) is 0 Å². The quantitative estimate of drug-likeness (QED) is 0.892. The van der Waals surface area contributed by atoms with E-state index in [1.54, 1.807) is 0 Å². The lowest BCUT2D eigenvalue weighted by atomic mass is 10.0. The number of nitrogens with one attached hydrogen (secondary N) is 2. The third kappa shape index (κ3) is 2.83. The number of carbonyl (C=O) groups excluding carboxylic acids is 1. The molecular weight excluding hydrogens is 258 g/mol. The molecule has 5 heteroatoms. The van der Waals surface area contributed by atoms with E-state index in [2.05, 4.69) is 15.0 Å². The summed E-state index contributed by atoms with van der Waals surface area (Å²) >= 11 is 1.25. The normalized spacial score (nSPS) is 14.9. The molecule has 2 aromatic rings. The third-order valence-corrected chi connectivity index (χ3v) is 4.01. The van der Waals surface area contributed by atoms with Crippen LogP contribution >= 0.6 is 11.5 Å². The van der Waals surface area contributed by atoms with Gasteiger partial charge in [0.2, 0.25) is 0 Å². The van der Waals surface area contributed by atoms with Crippen molar-refractivity contribution >= 4 is 17.4 Å². The van der Waals surface area contributed by atoms with E-state index in [1.165, 1.54) is 11.5 Å². The van der Waals surface area contributed by atoms with Crippen LogP contribution in [0.25, 0.3) is 11.3 Å². The minimum atomic E-state index is -0.0217. The van der Waals surface area contributed by atoms with Gasteiger partial charge in [0.15, 0.2) is 0 Å². The van der Waals surface area contributed by atoms with Crippen LogP contribution in [0.3, 0.4) is 0 Å². The van der Waals surface area contributed by atoms with Gasteiger partial charge in [0.25, 0.3) is 5.91 Å². The molecule has 1 saturated heterocycles. The van der Waals surface area contributed by atoms with Crippen LogP contribution in [0.15, 0.2) is 36.4 Å². The second kappa shape index (κ2) is 5.50. The topological polar surface area (TPSA) is 54.0 Å². The zero-order chi connectivity index (χ0) is 13.1. The van der Waals surface area contributed by atoms with E-state index in [9.17, 15) is 4.79 Å². The van der Waals surface area contributed by atoms with E-state index in [0.29, 0.717) is 10.8 Å².